The van der Waals surface area contributed by atoms with E-state index in [9.17, 15) is 17.6 Å². The van der Waals surface area contributed by atoms with Gasteiger partial charge in [0.2, 0.25) is 10.0 Å². The molecule has 2 N–H and O–H groups in total. The van der Waals surface area contributed by atoms with Gasteiger partial charge in [-0.1, -0.05) is 25.4 Å². The maximum atomic E-state index is 14.9. The predicted octanol–water partition coefficient (Wildman–Crippen LogP) is 5.26. The molecule has 9 nitrogen and oxygen atoms in total. The van der Waals surface area contributed by atoms with E-state index >= 15 is 0 Å². The molecule has 0 spiro atoms. The van der Waals surface area contributed by atoms with Crippen LogP contribution in [-0.4, -0.2) is 64.2 Å². The minimum absolute atomic E-state index is 0.0503. The molecule has 39 heavy (non-hydrogen) atoms. The average Bonchev–Trinajstić information content (AvgIpc) is 3.58. The summed E-state index contributed by atoms with van der Waals surface area (Å²) in [5.74, 6) is -1.66. The number of aromatic nitrogens is 4. The Morgan fingerprint density at radius 1 is 1.21 bits per heavy atom. The first-order valence-corrected chi connectivity index (χ1v) is 15.0. The van der Waals surface area contributed by atoms with Crippen molar-refractivity contribution in [2.24, 2.45) is 0 Å². The van der Waals surface area contributed by atoms with Crippen LogP contribution >= 0.6 is 11.6 Å². The number of piperidine rings is 1. The van der Waals surface area contributed by atoms with Crippen molar-refractivity contribution in [1.29, 1.82) is 0 Å². The highest BCUT2D eigenvalue weighted by Crippen LogP contribution is 2.33. The Morgan fingerprint density at radius 2 is 1.97 bits per heavy atom. The number of H-pyrrole nitrogens is 1. The average molecular weight is 573 g/mol. The third-order valence-corrected chi connectivity index (χ3v) is 9.01. The van der Waals surface area contributed by atoms with E-state index in [0.717, 1.165) is 49.7 Å². The van der Waals surface area contributed by atoms with Gasteiger partial charge >= 0.3 is 0 Å². The summed E-state index contributed by atoms with van der Waals surface area (Å²) >= 11 is 6.38. The number of aromatic amines is 1. The summed E-state index contributed by atoms with van der Waals surface area (Å²) in [6.07, 6.45) is 9.38. The van der Waals surface area contributed by atoms with Gasteiger partial charge in [-0.05, 0) is 44.0 Å². The molecule has 206 valence electrons. The Labute approximate surface area is 231 Å². The summed E-state index contributed by atoms with van der Waals surface area (Å²) in [4.78, 5) is 23.4. The lowest BCUT2D eigenvalue weighted by Crippen LogP contribution is -2.34. The molecule has 1 fully saturated rings. The van der Waals surface area contributed by atoms with Gasteiger partial charge in [0.1, 0.15) is 11.5 Å². The highest BCUT2D eigenvalue weighted by atomic mass is 35.5. The standard InChI is InChI=1S/C27H30ClFN6O3S/c1-3-11-39(37,38)33-23-6-5-22(29)24(25(23)28)26(36)21-15-31-27-20(21)12-17(13-30-27)18-14-32-35(16-18)19-7-9-34(4-2)10-8-19/h5-6,12-16,19,33H,3-4,7-11H2,1-2H3,(H,30,31). The minimum atomic E-state index is -3.69. The molecule has 4 heterocycles. The van der Waals surface area contributed by atoms with Gasteiger partial charge in [0.25, 0.3) is 0 Å². The SMILES string of the molecule is CCCS(=O)(=O)Nc1ccc(F)c(C(=O)c2c[nH]c3ncc(-c4cnn(C5CCN(CC)CC5)c4)cc23)c1Cl. The first-order chi connectivity index (χ1) is 18.7. The molecule has 12 heteroatoms. The molecule has 0 amide bonds. The number of fused-ring (bicyclic) bond motifs is 1. The van der Waals surface area contributed by atoms with Crippen LogP contribution in [0.3, 0.4) is 0 Å². The largest absolute Gasteiger partial charge is 0.345 e. The van der Waals surface area contributed by atoms with Crippen molar-refractivity contribution in [3.8, 4) is 11.1 Å². The van der Waals surface area contributed by atoms with Gasteiger partial charge in [0, 0.05) is 53.8 Å². The van der Waals surface area contributed by atoms with Crippen LogP contribution in [0.15, 0.2) is 43.0 Å². The van der Waals surface area contributed by atoms with Gasteiger partial charge in [-0.2, -0.15) is 5.10 Å². The van der Waals surface area contributed by atoms with Crippen molar-refractivity contribution < 1.29 is 17.6 Å². The van der Waals surface area contributed by atoms with Crippen LogP contribution in [0.2, 0.25) is 5.02 Å². The molecule has 0 unspecified atom stereocenters. The molecule has 1 saturated heterocycles. The number of rotatable bonds is 9. The monoisotopic (exact) mass is 572 g/mol. The van der Waals surface area contributed by atoms with Crippen molar-refractivity contribution in [3.05, 3.63) is 65.0 Å². The van der Waals surface area contributed by atoms with Crippen LogP contribution < -0.4 is 4.72 Å². The fourth-order valence-corrected chi connectivity index (χ4v) is 6.48. The van der Waals surface area contributed by atoms with Crippen molar-refractivity contribution in [2.45, 2.75) is 39.2 Å². The van der Waals surface area contributed by atoms with Crippen LogP contribution in [-0.2, 0) is 10.0 Å². The van der Waals surface area contributed by atoms with E-state index < -0.39 is 27.2 Å². The van der Waals surface area contributed by atoms with E-state index in [2.05, 4.69) is 31.6 Å². The molecule has 5 rings (SSSR count). The molecule has 0 aliphatic carbocycles. The molecule has 1 aliphatic heterocycles. The summed E-state index contributed by atoms with van der Waals surface area (Å²) in [5.41, 5.74) is 1.79. The van der Waals surface area contributed by atoms with E-state index in [1.54, 1.807) is 19.3 Å². The highest BCUT2D eigenvalue weighted by molar-refractivity contribution is 7.92. The van der Waals surface area contributed by atoms with Crippen molar-refractivity contribution in [1.82, 2.24) is 24.6 Å². The lowest BCUT2D eigenvalue weighted by Gasteiger charge is -2.31. The molecule has 0 saturated carbocycles. The number of ketones is 1. The summed E-state index contributed by atoms with van der Waals surface area (Å²) in [6, 6.07) is 4.38. The van der Waals surface area contributed by atoms with Gasteiger partial charge in [-0.3, -0.25) is 14.2 Å². The number of likely N-dealkylation sites (tertiary alicyclic amines) is 1. The number of pyridine rings is 1. The van der Waals surface area contributed by atoms with Gasteiger partial charge in [0.15, 0.2) is 5.78 Å². The molecule has 0 radical (unpaired) electrons. The number of nitrogens with one attached hydrogen (secondary N) is 2. The lowest BCUT2D eigenvalue weighted by atomic mass is 10.0. The fraction of sp³-hybridized carbons (Fsp3) is 0.370. The molecule has 4 aromatic rings. The van der Waals surface area contributed by atoms with Crippen LogP contribution in [0, 0.1) is 5.82 Å². The molecular formula is C27H30ClFN6O3S. The highest BCUT2D eigenvalue weighted by Gasteiger charge is 2.25. The first kappa shape index (κ1) is 27.3. The Morgan fingerprint density at radius 3 is 2.69 bits per heavy atom. The van der Waals surface area contributed by atoms with E-state index in [1.165, 1.54) is 12.3 Å². The van der Waals surface area contributed by atoms with Gasteiger partial charge in [0.05, 0.1) is 34.3 Å². The number of carbonyl (C=O) groups is 1. The van der Waals surface area contributed by atoms with E-state index in [4.69, 9.17) is 11.6 Å². The summed E-state index contributed by atoms with van der Waals surface area (Å²) < 4.78 is 43.8. The number of benzene rings is 1. The fourth-order valence-electron chi connectivity index (χ4n) is 5.00. The number of anilines is 1. The second kappa shape index (κ2) is 11.1. The maximum Gasteiger partial charge on any atom is 0.232 e. The predicted molar refractivity (Wildman–Crippen MR) is 150 cm³/mol. The summed E-state index contributed by atoms with van der Waals surface area (Å²) in [7, 11) is -3.69. The molecular weight excluding hydrogens is 543 g/mol. The number of nitrogens with zero attached hydrogens (tertiary/aromatic N) is 4. The Bertz CT molecular complexity index is 1630. The Hall–Kier alpha value is -3.28. The smallest absolute Gasteiger partial charge is 0.232 e. The number of sulfonamides is 1. The van der Waals surface area contributed by atoms with Gasteiger partial charge in [-0.15, -0.1) is 0 Å². The zero-order chi connectivity index (χ0) is 27.7. The third-order valence-electron chi connectivity index (χ3n) is 7.15. The topological polar surface area (TPSA) is 113 Å². The molecule has 1 aromatic carbocycles. The number of hydrogen-bond acceptors (Lipinski definition) is 6. The summed E-state index contributed by atoms with van der Waals surface area (Å²) in [6.45, 7) is 7.02. The zero-order valence-electron chi connectivity index (χ0n) is 21.7. The minimum Gasteiger partial charge on any atom is -0.345 e. The van der Waals surface area contributed by atoms with Crippen LogP contribution in [0.25, 0.3) is 22.2 Å². The van der Waals surface area contributed by atoms with E-state index in [1.807, 2.05) is 16.9 Å². The van der Waals surface area contributed by atoms with Crippen molar-refractivity contribution in [3.63, 3.8) is 0 Å². The number of halogens is 2. The van der Waals surface area contributed by atoms with E-state index in [-0.39, 0.29) is 22.0 Å². The van der Waals surface area contributed by atoms with Crippen LogP contribution in [0.1, 0.15) is 55.1 Å². The number of carbonyl (C=O) groups excluding carboxylic acids is 1. The summed E-state index contributed by atoms with van der Waals surface area (Å²) in [5, 5.41) is 4.78. The Balaban J connectivity index is 1.45. The second-order valence-corrected chi connectivity index (χ2v) is 12.0. The first-order valence-electron chi connectivity index (χ1n) is 13.0. The van der Waals surface area contributed by atoms with Gasteiger partial charge < -0.3 is 9.88 Å². The second-order valence-electron chi connectivity index (χ2n) is 9.73. The third kappa shape index (κ3) is 5.57. The normalized spacial score (nSPS) is 15.2. The quantitative estimate of drug-likeness (QED) is 0.265. The number of hydrogen-bond donors (Lipinski definition) is 2. The molecule has 3 aromatic heterocycles. The molecule has 0 atom stereocenters. The van der Waals surface area contributed by atoms with Crippen LogP contribution in [0.5, 0.6) is 0 Å². The van der Waals surface area contributed by atoms with Crippen molar-refractivity contribution in [2.75, 3.05) is 30.1 Å². The maximum absolute atomic E-state index is 14.9. The van der Waals surface area contributed by atoms with Gasteiger partial charge in [-0.25, -0.2) is 17.8 Å². The molecule has 0 bridgehead atoms. The Kier molecular flexibility index (Phi) is 7.75. The molecule has 1 aliphatic rings. The van der Waals surface area contributed by atoms with E-state index in [0.29, 0.717) is 23.5 Å². The van der Waals surface area contributed by atoms with Crippen LogP contribution in [0.4, 0.5) is 10.1 Å². The zero-order valence-corrected chi connectivity index (χ0v) is 23.3. The lowest BCUT2D eigenvalue weighted by molar-refractivity contribution is 0.103. The van der Waals surface area contributed by atoms with Crippen molar-refractivity contribution >= 4 is 44.1 Å².